The number of aliphatic carboxylic acids is 1. The first kappa shape index (κ1) is 22.8. The smallest absolute Gasteiger partial charge is 0.339 e. The zero-order valence-corrected chi connectivity index (χ0v) is 20.4. The lowest BCUT2D eigenvalue weighted by Crippen LogP contribution is -2.46. The van der Waals surface area contributed by atoms with E-state index in [9.17, 15) is 14.7 Å². The molecule has 5 rings (SSSR count). The zero-order chi connectivity index (χ0) is 24.9. The summed E-state index contributed by atoms with van der Waals surface area (Å²) in [5.41, 5.74) is 1.52. The molecule has 3 aromatic rings. The van der Waals surface area contributed by atoms with Gasteiger partial charge in [0.25, 0.3) is 0 Å². The summed E-state index contributed by atoms with van der Waals surface area (Å²) in [5, 5.41) is 14.6. The van der Waals surface area contributed by atoms with E-state index in [4.69, 9.17) is 14.5 Å². The molecule has 1 N–H and O–H groups in total. The molecule has 5 heterocycles. The van der Waals surface area contributed by atoms with Crippen LogP contribution < -0.4 is 19.3 Å². The molecule has 12 nitrogen and oxygen atoms in total. The number of hydrogen-bond donors (Lipinski definition) is 1. The zero-order valence-electron chi connectivity index (χ0n) is 19.5. The summed E-state index contributed by atoms with van der Waals surface area (Å²) >= 11 is 1.08. The van der Waals surface area contributed by atoms with Crippen molar-refractivity contribution in [2.45, 2.75) is 12.8 Å². The van der Waals surface area contributed by atoms with Crippen molar-refractivity contribution in [1.82, 2.24) is 24.1 Å². The van der Waals surface area contributed by atoms with Gasteiger partial charge in [-0.1, -0.05) is 0 Å². The maximum absolute atomic E-state index is 13.2. The first-order valence-corrected chi connectivity index (χ1v) is 11.6. The van der Waals surface area contributed by atoms with Gasteiger partial charge in [-0.3, -0.25) is 9.69 Å². The Morgan fingerprint density at radius 3 is 2.60 bits per heavy atom. The Hall–Kier alpha value is -4.00. The van der Waals surface area contributed by atoms with Crippen LogP contribution in [0.2, 0.25) is 0 Å². The van der Waals surface area contributed by atoms with Crippen LogP contribution in [-0.4, -0.2) is 74.8 Å². The summed E-state index contributed by atoms with van der Waals surface area (Å²) in [4.78, 5) is 37.9. The Morgan fingerprint density at radius 2 is 1.97 bits per heavy atom. The van der Waals surface area contributed by atoms with Gasteiger partial charge in [0.05, 0.1) is 25.5 Å². The number of ether oxygens (including phenoxy) is 2. The number of Topliss-reactive ketones (excluding diaryl/α,β-unsaturated/α-hetero) is 1. The van der Waals surface area contributed by atoms with Crippen LogP contribution >= 0.6 is 11.5 Å². The third-order valence-electron chi connectivity index (χ3n) is 6.12. The number of aryl methyl sites for hydroxylation is 2. The number of hydrogen-bond acceptors (Lipinski definition) is 11. The molecule has 0 aromatic carbocycles. The number of anilines is 3. The van der Waals surface area contributed by atoms with E-state index in [-0.39, 0.29) is 29.6 Å². The average molecular weight is 498 g/mol. The van der Waals surface area contributed by atoms with E-state index in [0.717, 1.165) is 17.2 Å². The first-order valence-electron chi connectivity index (χ1n) is 10.8. The minimum Gasteiger partial charge on any atom is -0.481 e. The van der Waals surface area contributed by atoms with Gasteiger partial charge in [-0.15, -0.1) is 4.37 Å². The monoisotopic (exact) mass is 497 g/mol. The molecule has 0 radical (unpaired) electrons. The van der Waals surface area contributed by atoms with E-state index in [1.165, 1.54) is 13.2 Å². The second-order valence-electron chi connectivity index (χ2n) is 8.26. The van der Waals surface area contributed by atoms with E-state index >= 15 is 0 Å². The summed E-state index contributed by atoms with van der Waals surface area (Å²) in [6.45, 7) is 3.28. The molecule has 0 saturated carbocycles. The Bertz CT molecular complexity index is 1360. The lowest BCUT2D eigenvalue weighted by molar-refractivity contribution is -0.132. The molecule has 1 saturated heterocycles. The quantitative estimate of drug-likeness (QED) is 0.500. The SMILES string of the molecule is COc1nsc(N2CC=C(C(=O)O)C(=O)c3c(C)cc(N4CC(c5cc(OC)n(C)n5)C4)nc32)n1. The number of carboxylic acid groups (broad SMARTS) is 1. The van der Waals surface area contributed by atoms with Crippen molar-refractivity contribution >= 4 is 40.1 Å². The number of ketones is 1. The van der Waals surface area contributed by atoms with Gasteiger partial charge in [-0.05, 0) is 24.6 Å². The number of pyridine rings is 1. The first-order chi connectivity index (χ1) is 16.8. The number of rotatable bonds is 6. The molecule has 1 fully saturated rings. The Kier molecular flexibility index (Phi) is 5.63. The van der Waals surface area contributed by atoms with Gasteiger partial charge < -0.3 is 19.5 Å². The maximum Gasteiger partial charge on any atom is 0.339 e. The largest absolute Gasteiger partial charge is 0.481 e. The summed E-state index contributed by atoms with van der Waals surface area (Å²) in [5.74, 6) is 0.0904. The molecule has 0 amide bonds. The molecule has 13 heteroatoms. The van der Waals surface area contributed by atoms with Crippen LogP contribution in [0.1, 0.15) is 27.5 Å². The number of carboxylic acids is 1. The fourth-order valence-electron chi connectivity index (χ4n) is 4.24. The molecule has 0 atom stereocenters. The molecule has 0 unspecified atom stereocenters. The highest BCUT2D eigenvalue weighted by atomic mass is 32.1. The van der Waals surface area contributed by atoms with Gasteiger partial charge in [0.2, 0.25) is 16.8 Å². The lowest BCUT2D eigenvalue weighted by Gasteiger charge is -2.40. The van der Waals surface area contributed by atoms with Gasteiger partial charge >= 0.3 is 12.0 Å². The summed E-state index contributed by atoms with van der Waals surface area (Å²) in [6.07, 6.45) is 1.38. The van der Waals surface area contributed by atoms with Crippen molar-refractivity contribution in [3.63, 3.8) is 0 Å². The highest BCUT2D eigenvalue weighted by Gasteiger charge is 2.36. The van der Waals surface area contributed by atoms with Gasteiger partial charge in [-0.2, -0.15) is 10.1 Å². The molecular weight excluding hydrogens is 474 g/mol. The Morgan fingerprint density at radius 1 is 1.20 bits per heavy atom. The molecule has 0 spiro atoms. The van der Waals surface area contributed by atoms with E-state index in [1.807, 2.05) is 19.2 Å². The number of nitrogens with zero attached hydrogens (tertiary/aromatic N) is 7. The molecule has 35 heavy (non-hydrogen) atoms. The van der Waals surface area contributed by atoms with Crippen LogP contribution in [0, 0.1) is 6.92 Å². The van der Waals surface area contributed by atoms with Crippen molar-refractivity contribution in [1.29, 1.82) is 0 Å². The van der Waals surface area contributed by atoms with Crippen LogP contribution in [0.15, 0.2) is 23.8 Å². The summed E-state index contributed by atoms with van der Waals surface area (Å²) in [7, 11) is 4.91. The standard InChI is InChI=1S/C22H23N7O5S/c1-11-7-15(28-9-12(10-28)14-8-16(33-3)27(2)25-14)23-19-17(11)18(30)13(20(31)32)5-6-29(19)22-24-21(34-4)26-35-22/h5,7-8,12H,6,9-10H2,1-4H3,(H,31,32). The topological polar surface area (TPSA) is 136 Å². The fourth-order valence-corrected chi connectivity index (χ4v) is 4.89. The molecule has 0 aliphatic carbocycles. The molecular formula is C22H23N7O5S. The fraction of sp³-hybridized carbons (Fsp3) is 0.364. The van der Waals surface area contributed by atoms with Crippen LogP contribution in [0.3, 0.4) is 0 Å². The number of fused-ring (bicyclic) bond motifs is 1. The number of methoxy groups -OCH3 is 2. The number of aromatic nitrogens is 5. The third kappa shape index (κ3) is 3.87. The van der Waals surface area contributed by atoms with Gasteiger partial charge in [0.15, 0.2) is 0 Å². The Labute approximate surface area is 204 Å². The number of carbonyl (C=O) groups excluding carboxylic acids is 1. The van der Waals surface area contributed by atoms with E-state index in [1.54, 1.807) is 23.6 Å². The molecule has 182 valence electrons. The van der Waals surface area contributed by atoms with Crippen LogP contribution in [0.4, 0.5) is 16.8 Å². The molecule has 3 aromatic heterocycles. The third-order valence-corrected chi connectivity index (χ3v) is 6.84. The van der Waals surface area contributed by atoms with Crippen LogP contribution in [-0.2, 0) is 11.8 Å². The molecule has 2 aliphatic heterocycles. The van der Waals surface area contributed by atoms with Crippen LogP contribution in [0.25, 0.3) is 0 Å². The number of carbonyl (C=O) groups is 2. The normalized spacial score (nSPS) is 15.9. The maximum atomic E-state index is 13.2. The molecule has 0 bridgehead atoms. The lowest BCUT2D eigenvalue weighted by atomic mass is 9.95. The Balaban J connectivity index is 1.51. The van der Waals surface area contributed by atoms with E-state index in [2.05, 4.69) is 19.4 Å². The second kappa shape index (κ2) is 8.65. The summed E-state index contributed by atoms with van der Waals surface area (Å²) in [6, 6.07) is 3.93. The molecule has 2 aliphatic rings. The predicted octanol–water partition coefficient (Wildman–Crippen LogP) is 1.94. The van der Waals surface area contributed by atoms with E-state index < -0.39 is 11.8 Å². The van der Waals surface area contributed by atoms with Gasteiger partial charge in [0.1, 0.15) is 17.2 Å². The van der Waals surface area contributed by atoms with Crippen molar-refractivity contribution in [2.75, 3.05) is 43.7 Å². The van der Waals surface area contributed by atoms with Gasteiger partial charge in [-0.25, -0.2) is 14.5 Å². The van der Waals surface area contributed by atoms with E-state index in [0.29, 0.717) is 41.3 Å². The highest BCUT2D eigenvalue weighted by Crippen LogP contribution is 2.38. The average Bonchev–Trinajstić information content (AvgIpc) is 3.37. The second-order valence-corrected chi connectivity index (χ2v) is 8.99. The minimum absolute atomic E-state index is 0.102. The highest BCUT2D eigenvalue weighted by molar-refractivity contribution is 7.09. The van der Waals surface area contributed by atoms with Crippen molar-refractivity contribution in [3.05, 3.63) is 40.6 Å². The predicted molar refractivity (Wildman–Crippen MR) is 127 cm³/mol. The van der Waals surface area contributed by atoms with Crippen LogP contribution in [0.5, 0.6) is 11.9 Å². The minimum atomic E-state index is -1.28. The van der Waals surface area contributed by atoms with Crippen molar-refractivity contribution < 1.29 is 24.2 Å². The van der Waals surface area contributed by atoms with Crippen molar-refractivity contribution in [2.24, 2.45) is 7.05 Å². The van der Waals surface area contributed by atoms with Crippen molar-refractivity contribution in [3.8, 4) is 11.9 Å². The summed E-state index contributed by atoms with van der Waals surface area (Å²) < 4.78 is 16.3. The van der Waals surface area contributed by atoms with Gasteiger partial charge in [0, 0.05) is 50.2 Å².